The quantitative estimate of drug-likeness (QED) is 0.735. The Hall–Kier alpha value is -0.510. The molecule has 0 aliphatic heterocycles. The van der Waals surface area contributed by atoms with Crippen LogP contribution < -0.4 is 5.32 Å². The molecule has 0 radical (unpaired) electrons. The van der Waals surface area contributed by atoms with Crippen LogP contribution in [-0.4, -0.2) is 12.2 Å². The van der Waals surface area contributed by atoms with E-state index in [0.29, 0.717) is 0 Å². The number of anilines is 1. The van der Waals surface area contributed by atoms with Crippen LogP contribution in [0, 0.1) is 6.92 Å². The highest BCUT2D eigenvalue weighted by Crippen LogP contribution is 2.23. The van der Waals surface area contributed by atoms with Crippen molar-refractivity contribution < 1.29 is 4.52 Å². The van der Waals surface area contributed by atoms with Crippen molar-refractivity contribution in [1.82, 2.24) is 5.16 Å². The number of nitrogens with one attached hydrogen (secondary N) is 1. The van der Waals surface area contributed by atoms with Crippen molar-refractivity contribution in [2.75, 3.05) is 12.4 Å². The van der Waals surface area contributed by atoms with E-state index in [1.807, 2.05) is 6.92 Å². The van der Waals surface area contributed by atoms with Crippen LogP contribution in [0.4, 0.5) is 5.82 Å². The highest BCUT2D eigenvalue weighted by molar-refractivity contribution is 9.10. The van der Waals surface area contributed by atoms with Crippen LogP contribution in [0.5, 0.6) is 0 Å². The van der Waals surface area contributed by atoms with Crippen molar-refractivity contribution in [1.29, 1.82) is 0 Å². The van der Waals surface area contributed by atoms with Crippen molar-refractivity contribution in [3.63, 3.8) is 0 Å². The first-order valence-corrected chi connectivity index (χ1v) is 3.34. The topological polar surface area (TPSA) is 38.1 Å². The largest absolute Gasteiger partial charge is 0.369 e. The Bertz CT molecular complexity index is 209. The molecule has 9 heavy (non-hydrogen) atoms. The van der Waals surface area contributed by atoms with Gasteiger partial charge in [-0.2, -0.15) is 0 Å². The van der Waals surface area contributed by atoms with Gasteiger partial charge in [0.2, 0.25) is 0 Å². The van der Waals surface area contributed by atoms with Gasteiger partial charge in [0.15, 0.2) is 5.82 Å². The highest BCUT2D eigenvalue weighted by atomic mass is 79.9. The lowest BCUT2D eigenvalue weighted by Crippen LogP contribution is -1.87. The van der Waals surface area contributed by atoms with E-state index in [2.05, 4.69) is 26.4 Å². The van der Waals surface area contributed by atoms with Gasteiger partial charge in [0.1, 0.15) is 10.2 Å². The van der Waals surface area contributed by atoms with Crippen molar-refractivity contribution in [2.45, 2.75) is 6.92 Å². The maximum Gasteiger partial charge on any atom is 0.183 e. The second-order valence-corrected chi connectivity index (χ2v) is 2.44. The third-order valence-electron chi connectivity index (χ3n) is 1.03. The molecule has 0 saturated carbocycles. The second kappa shape index (κ2) is 2.39. The molecule has 0 aromatic carbocycles. The Morgan fingerprint density at radius 3 is 2.56 bits per heavy atom. The summed E-state index contributed by atoms with van der Waals surface area (Å²) in [6, 6.07) is 0. The Morgan fingerprint density at radius 1 is 1.67 bits per heavy atom. The van der Waals surface area contributed by atoms with E-state index >= 15 is 0 Å². The van der Waals surface area contributed by atoms with Gasteiger partial charge >= 0.3 is 0 Å². The first-order valence-electron chi connectivity index (χ1n) is 2.55. The minimum Gasteiger partial charge on any atom is -0.369 e. The van der Waals surface area contributed by atoms with Crippen molar-refractivity contribution >= 4 is 21.7 Å². The third-order valence-corrected chi connectivity index (χ3v) is 1.96. The van der Waals surface area contributed by atoms with Gasteiger partial charge in [-0.25, -0.2) is 0 Å². The maximum absolute atomic E-state index is 4.83. The fourth-order valence-corrected chi connectivity index (χ4v) is 0.859. The lowest BCUT2D eigenvalue weighted by molar-refractivity contribution is 0.399. The van der Waals surface area contributed by atoms with Crippen molar-refractivity contribution in [3.8, 4) is 0 Å². The number of aromatic nitrogens is 1. The summed E-state index contributed by atoms with van der Waals surface area (Å²) in [6.07, 6.45) is 0. The summed E-state index contributed by atoms with van der Waals surface area (Å²) in [4.78, 5) is 0. The number of halogens is 1. The standard InChI is InChI=1S/C5H7BrN2O/c1-3-4(6)5(7-2)8-9-3/h1-2H3,(H,7,8). The molecule has 3 nitrogen and oxygen atoms in total. The molecule has 0 unspecified atom stereocenters. The minimum atomic E-state index is 0.743. The predicted octanol–water partition coefficient (Wildman–Crippen LogP) is 1.79. The fraction of sp³-hybridized carbons (Fsp3) is 0.400. The van der Waals surface area contributed by atoms with E-state index in [1.165, 1.54) is 0 Å². The molecule has 4 heteroatoms. The summed E-state index contributed by atoms with van der Waals surface area (Å²) in [7, 11) is 1.79. The Kier molecular flexibility index (Phi) is 1.75. The predicted molar refractivity (Wildman–Crippen MR) is 38.5 cm³/mol. The number of rotatable bonds is 1. The number of hydrogen-bond donors (Lipinski definition) is 1. The van der Waals surface area contributed by atoms with Gasteiger partial charge in [-0.05, 0) is 22.9 Å². The van der Waals surface area contributed by atoms with E-state index in [9.17, 15) is 0 Å². The molecule has 0 fully saturated rings. The van der Waals surface area contributed by atoms with E-state index in [1.54, 1.807) is 7.05 Å². The fourth-order valence-electron chi connectivity index (χ4n) is 0.516. The van der Waals surface area contributed by atoms with Crippen LogP contribution in [0.2, 0.25) is 0 Å². The van der Waals surface area contributed by atoms with Gasteiger partial charge in [-0.1, -0.05) is 5.16 Å². The first-order chi connectivity index (χ1) is 4.25. The molecular weight excluding hydrogens is 184 g/mol. The molecule has 0 aliphatic rings. The van der Waals surface area contributed by atoms with Crippen LogP contribution in [0.25, 0.3) is 0 Å². The number of aryl methyl sites for hydroxylation is 1. The summed E-state index contributed by atoms with van der Waals surface area (Å²) in [5.74, 6) is 1.53. The molecule has 0 amide bonds. The van der Waals surface area contributed by atoms with Crippen LogP contribution in [-0.2, 0) is 0 Å². The van der Waals surface area contributed by atoms with Crippen LogP contribution in [0.3, 0.4) is 0 Å². The zero-order valence-electron chi connectivity index (χ0n) is 5.23. The number of hydrogen-bond acceptors (Lipinski definition) is 3. The van der Waals surface area contributed by atoms with Crippen LogP contribution in [0.15, 0.2) is 9.00 Å². The van der Waals surface area contributed by atoms with Crippen LogP contribution >= 0.6 is 15.9 Å². The zero-order valence-corrected chi connectivity index (χ0v) is 6.82. The molecule has 1 rings (SSSR count). The monoisotopic (exact) mass is 190 g/mol. The molecule has 50 valence electrons. The molecule has 0 saturated heterocycles. The second-order valence-electron chi connectivity index (χ2n) is 1.65. The van der Waals surface area contributed by atoms with Gasteiger partial charge < -0.3 is 9.84 Å². The Morgan fingerprint density at radius 2 is 2.33 bits per heavy atom. The Labute approximate surface area is 61.5 Å². The van der Waals surface area contributed by atoms with Crippen molar-refractivity contribution in [2.24, 2.45) is 0 Å². The molecular formula is C5H7BrN2O. The number of nitrogens with zero attached hydrogens (tertiary/aromatic N) is 1. The molecule has 0 aliphatic carbocycles. The SMILES string of the molecule is CNc1noc(C)c1Br. The summed E-state index contributed by atoms with van der Waals surface area (Å²) < 4.78 is 5.72. The van der Waals surface area contributed by atoms with E-state index in [-0.39, 0.29) is 0 Å². The highest BCUT2D eigenvalue weighted by Gasteiger charge is 2.05. The van der Waals surface area contributed by atoms with Gasteiger partial charge in [0, 0.05) is 7.05 Å². The molecule has 1 N–H and O–H groups in total. The lowest BCUT2D eigenvalue weighted by Gasteiger charge is -1.88. The lowest BCUT2D eigenvalue weighted by atomic mass is 10.5. The van der Waals surface area contributed by atoms with Gasteiger partial charge in [0.25, 0.3) is 0 Å². The zero-order chi connectivity index (χ0) is 6.85. The maximum atomic E-state index is 4.83. The summed E-state index contributed by atoms with van der Waals surface area (Å²) in [5.41, 5.74) is 0. The molecule has 1 aromatic rings. The Balaban J connectivity index is 3.04. The summed E-state index contributed by atoms with van der Waals surface area (Å²) in [5, 5.41) is 6.57. The average Bonchev–Trinajstić information content (AvgIpc) is 2.15. The van der Waals surface area contributed by atoms with Crippen LogP contribution in [0.1, 0.15) is 5.76 Å². The molecule has 0 atom stereocenters. The summed E-state index contributed by atoms with van der Waals surface area (Å²) in [6.45, 7) is 1.85. The molecule has 1 heterocycles. The summed E-state index contributed by atoms with van der Waals surface area (Å²) >= 11 is 3.29. The van der Waals surface area contributed by atoms with E-state index in [0.717, 1.165) is 16.1 Å². The average molecular weight is 191 g/mol. The van der Waals surface area contributed by atoms with E-state index in [4.69, 9.17) is 4.52 Å². The minimum absolute atomic E-state index is 0.743. The van der Waals surface area contributed by atoms with Gasteiger partial charge in [-0.15, -0.1) is 0 Å². The van der Waals surface area contributed by atoms with Crippen molar-refractivity contribution in [3.05, 3.63) is 10.2 Å². The van der Waals surface area contributed by atoms with Gasteiger partial charge in [-0.3, -0.25) is 0 Å². The third kappa shape index (κ3) is 1.08. The molecule has 1 aromatic heterocycles. The molecule has 0 bridgehead atoms. The smallest absolute Gasteiger partial charge is 0.183 e. The van der Waals surface area contributed by atoms with Gasteiger partial charge in [0.05, 0.1) is 0 Å². The first kappa shape index (κ1) is 6.61. The molecule has 0 spiro atoms. The normalized spacial score (nSPS) is 9.67. The van der Waals surface area contributed by atoms with E-state index < -0.39 is 0 Å².